The van der Waals surface area contributed by atoms with Gasteiger partial charge in [0.2, 0.25) is 0 Å². The van der Waals surface area contributed by atoms with E-state index in [1.54, 1.807) is 0 Å². The average molecular weight is 141 g/mol. The Kier molecular flexibility index (Phi) is 1.29. The van der Waals surface area contributed by atoms with Gasteiger partial charge in [0.25, 0.3) is 0 Å². The fraction of sp³-hybridized carbons (Fsp3) is 1.00. The largest absolute Gasteiger partial charge is 0.376 e. The summed E-state index contributed by atoms with van der Waals surface area (Å²) in [6.07, 6.45) is 5.69. The SMILES string of the molecule is CN1[C@@H]2CCC[C@@]1(O)CC2. The maximum absolute atomic E-state index is 9.92. The Hall–Kier alpha value is -0.0800. The van der Waals surface area contributed by atoms with E-state index >= 15 is 0 Å². The molecule has 0 amide bonds. The van der Waals surface area contributed by atoms with Crippen LogP contribution in [0.3, 0.4) is 0 Å². The molecule has 2 fully saturated rings. The Bertz CT molecular complexity index is 144. The highest BCUT2D eigenvalue weighted by atomic mass is 16.3. The highest BCUT2D eigenvalue weighted by Crippen LogP contribution is 2.40. The van der Waals surface area contributed by atoms with Crippen molar-refractivity contribution in [3.05, 3.63) is 0 Å². The zero-order valence-electron chi connectivity index (χ0n) is 6.51. The van der Waals surface area contributed by atoms with Crippen LogP contribution in [0.4, 0.5) is 0 Å². The molecule has 0 radical (unpaired) electrons. The van der Waals surface area contributed by atoms with E-state index < -0.39 is 5.72 Å². The van der Waals surface area contributed by atoms with E-state index in [1.807, 2.05) is 0 Å². The molecule has 2 aliphatic heterocycles. The number of nitrogens with zero attached hydrogens (tertiary/aromatic N) is 1. The highest BCUT2D eigenvalue weighted by Gasteiger charge is 2.44. The molecule has 0 aliphatic carbocycles. The van der Waals surface area contributed by atoms with Gasteiger partial charge in [-0.25, -0.2) is 0 Å². The third kappa shape index (κ3) is 0.722. The molecule has 0 aromatic heterocycles. The van der Waals surface area contributed by atoms with Crippen molar-refractivity contribution >= 4 is 0 Å². The minimum Gasteiger partial charge on any atom is -0.376 e. The Morgan fingerprint density at radius 3 is 2.80 bits per heavy atom. The van der Waals surface area contributed by atoms with Crippen LogP contribution in [-0.2, 0) is 0 Å². The molecule has 10 heavy (non-hydrogen) atoms. The summed E-state index contributed by atoms with van der Waals surface area (Å²) in [6, 6.07) is 0.679. The molecule has 0 aromatic carbocycles. The molecule has 1 N–H and O–H groups in total. The lowest BCUT2D eigenvalue weighted by Gasteiger charge is -2.38. The summed E-state index contributed by atoms with van der Waals surface area (Å²) in [4.78, 5) is 2.16. The second-order valence-corrected chi connectivity index (χ2v) is 3.68. The lowest BCUT2D eigenvalue weighted by atomic mass is 10.0. The van der Waals surface area contributed by atoms with Crippen molar-refractivity contribution in [1.29, 1.82) is 0 Å². The summed E-state index contributed by atoms with van der Waals surface area (Å²) in [5.74, 6) is 0. The van der Waals surface area contributed by atoms with E-state index in [4.69, 9.17) is 0 Å². The zero-order chi connectivity index (χ0) is 7.19. The van der Waals surface area contributed by atoms with Crippen LogP contribution in [0.5, 0.6) is 0 Å². The first-order chi connectivity index (χ1) is 4.72. The molecule has 2 rings (SSSR count). The topological polar surface area (TPSA) is 23.5 Å². The highest BCUT2D eigenvalue weighted by molar-refractivity contribution is 4.94. The fourth-order valence-electron chi connectivity index (χ4n) is 2.37. The summed E-state index contributed by atoms with van der Waals surface area (Å²) >= 11 is 0. The molecule has 0 aromatic rings. The predicted molar refractivity (Wildman–Crippen MR) is 39.6 cm³/mol. The van der Waals surface area contributed by atoms with Gasteiger partial charge in [0.05, 0.1) is 0 Å². The molecule has 2 saturated heterocycles. The van der Waals surface area contributed by atoms with Crippen LogP contribution < -0.4 is 0 Å². The van der Waals surface area contributed by atoms with Crippen molar-refractivity contribution in [3.8, 4) is 0 Å². The maximum atomic E-state index is 9.92. The summed E-state index contributed by atoms with van der Waals surface area (Å²) in [7, 11) is 2.05. The molecule has 0 spiro atoms. The van der Waals surface area contributed by atoms with Gasteiger partial charge in [-0.05, 0) is 39.2 Å². The van der Waals surface area contributed by atoms with E-state index in [-0.39, 0.29) is 0 Å². The van der Waals surface area contributed by atoms with Gasteiger partial charge in [-0.2, -0.15) is 0 Å². The first-order valence-electron chi connectivity index (χ1n) is 4.18. The smallest absolute Gasteiger partial charge is 0.118 e. The van der Waals surface area contributed by atoms with Gasteiger partial charge < -0.3 is 5.11 Å². The summed E-state index contributed by atoms with van der Waals surface area (Å²) in [5, 5.41) is 9.92. The van der Waals surface area contributed by atoms with Crippen LogP contribution in [0.2, 0.25) is 0 Å². The lowest BCUT2D eigenvalue weighted by molar-refractivity contribution is -0.104. The van der Waals surface area contributed by atoms with Crippen LogP contribution in [0.25, 0.3) is 0 Å². The van der Waals surface area contributed by atoms with E-state index in [1.165, 1.54) is 19.3 Å². The summed E-state index contributed by atoms with van der Waals surface area (Å²) in [5.41, 5.74) is -0.414. The van der Waals surface area contributed by atoms with Gasteiger partial charge >= 0.3 is 0 Å². The van der Waals surface area contributed by atoms with Crippen molar-refractivity contribution in [2.24, 2.45) is 0 Å². The molecule has 2 heteroatoms. The maximum Gasteiger partial charge on any atom is 0.118 e. The van der Waals surface area contributed by atoms with Gasteiger partial charge in [-0.1, -0.05) is 0 Å². The molecule has 2 nitrogen and oxygen atoms in total. The van der Waals surface area contributed by atoms with Gasteiger partial charge in [0.15, 0.2) is 0 Å². The summed E-state index contributed by atoms with van der Waals surface area (Å²) < 4.78 is 0. The van der Waals surface area contributed by atoms with Gasteiger partial charge in [-0.15, -0.1) is 0 Å². The molecule has 0 unspecified atom stereocenters. The number of fused-ring (bicyclic) bond motifs is 2. The molecule has 0 saturated carbocycles. The number of hydrogen-bond acceptors (Lipinski definition) is 2. The fourth-order valence-corrected chi connectivity index (χ4v) is 2.37. The Morgan fingerprint density at radius 1 is 1.40 bits per heavy atom. The van der Waals surface area contributed by atoms with Crippen LogP contribution in [0, 0.1) is 0 Å². The van der Waals surface area contributed by atoms with Crippen molar-refractivity contribution < 1.29 is 5.11 Å². The van der Waals surface area contributed by atoms with E-state index in [9.17, 15) is 5.11 Å². The molecular formula is C8H15NO. The Morgan fingerprint density at radius 2 is 2.20 bits per heavy atom. The van der Waals surface area contributed by atoms with E-state index in [0.29, 0.717) is 6.04 Å². The van der Waals surface area contributed by atoms with Crippen LogP contribution >= 0.6 is 0 Å². The third-order valence-corrected chi connectivity index (χ3v) is 3.20. The third-order valence-electron chi connectivity index (χ3n) is 3.20. The molecule has 2 heterocycles. The van der Waals surface area contributed by atoms with Gasteiger partial charge in [0.1, 0.15) is 5.72 Å². The molecule has 2 bridgehead atoms. The number of piperidine rings is 1. The normalized spacial score (nSPS) is 48.0. The quantitative estimate of drug-likeness (QED) is 0.543. The Balaban J connectivity index is 2.21. The van der Waals surface area contributed by atoms with E-state index in [2.05, 4.69) is 11.9 Å². The van der Waals surface area contributed by atoms with Gasteiger partial charge in [-0.3, -0.25) is 4.90 Å². The second kappa shape index (κ2) is 1.95. The minimum atomic E-state index is -0.414. The Labute approximate surface area is 61.8 Å². The molecule has 2 atom stereocenters. The predicted octanol–water partition coefficient (Wildman–Crippen LogP) is 0.953. The van der Waals surface area contributed by atoms with Crippen LogP contribution in [0.1, 0.15) is 32.1 Å². The molecular weight excluding hydrogens is 126 g/mol. The standard InChI is InChI=1S/C8H15NO/c1-9-7-3-2-5-8(9,10)6-4-7/h7,10H,2-6H2,1H3/t7-,8-/m1/s1. The first kappa shape index (κ1) is 6.62. The number of rotatable bonds is 0. The molecule has 58 valence electrons. The van der Waals surface area contributed by atoms with Crippen molar-refractivity contribution in [3.63, 3.8) is 0 Å². The monoisotopic (exact) mass is 141 g/mol. The van der Waals surface area contributed by atoms with Gasteiger partial charge in [0, 0.05) is 6.04 Å². The van der Waals surface area contributed by atoms with Crippen molar-refractivity contribution in [2.45, 2.75) is 43.9 Å². The second-order valence-electron chi connectivity index (χ2n) is 3.68. The van der Waals surface area contributed by atoms with Crippen LogP contribution in [-0.4, -0.2) is 28.8 Å². The van der Waals surface area contributed by atoms with Crippen LogP contribution in [0.15, 0.2) is 0 Å². The average Bonchev–Trinajstić information content (AvgIpc) is 2.18. The van der Waals surface area contributed by atoms with Crippen molar-refractivity contribution in [1.82, 2.24) is 4.90 Å². The minimum absolute atomic E-state index is 0.414. The van der Waals surface area contributed by atoms with Crippen molar-refractivity contribution in [2.75, 3.05) is 7.05 Å². The zero-order valence-corrected chi connectivity index (χ0v) is 6.51. The van der Waals surface area contributed by atoms with E-state index in [0.717, 1.165) is 12.8 Å². The lowest BCUT2D eigenvalue weighted by Crippen LogP contribution is -2.47. The summed E-state index contributed by atoms with van der Waals surface area (Å²) in [6.45, 7) is 0. The number of hydrogen-bond donors (Lipinski definition) is 1. The molecule has 2 aliphatic rings. The number of aliphatic hydroxyl groups is 1. The first-order valence-corrected chi connectivity index (χ1v) is 4.18.